The van der Waals surface area contributed by atoms with E-state index < -0.39 is 15.9 Å². The molecule has 2 aromatic carbocycles. The van der Waals surface area contributed by atoms with Gasteiger partial charge in [-0.1, -0.05) is 47.5 Å². The first-order chi connectivity index (χ1) is 11.7. The summed E-state index contributed by atoms with van der Waals surface area (Å²) in [7, 11) is -3.57. The maximum atomic E-state index is 12.3. The number of sulfonamides is 1. The van der Waals surface area contributed by atoms with Crippen LogP contribution in [0.1, 0.15) is 16.7 Å². The van der Waals surface area contributed by atoms with Gasteiger partial charge >= 0.3 is 0 Å². The predicted molar refractivity (Wildman–Crippen MR) is 101 cm³/mol. The first kappa shape index (κ1) is 19.4. The number of hydrogen-bond acceptors (Lipinski definition) is 3. The van der Waals surface area contributed by atoms with E-state index in [1.54, 1.807) is 30.3 Å². The first-order valence-corrected chi connectivity index (χ1v) is 9.95. The van der Waals surface area contributed by atoms with E-state index in [9.17, 15) is 13.2 Å². The topological polar surface area (TPSA) is 66.5 Å². The van der Waals surface area contributed by atoms with Crippen molar-refractivity contribution in [3.05, 3.63) is 64.2 Å². The molecule has 2 rings (SSSR count). The van der Waals surface area contributed by atoms with Crippen molar-refractivity contribution in [1.82, 2.24) is 4.31 Å². The van der Waals surface area contributed by atoms with Gasteiger partial charge in [-0.25, -0.2) is 8.42 Å². The molecule has 0 aromatic heterocycles. The summed E-state index contributed by atoms with van der Waals surface area (Å²) in [5.74, 6) is -0.399. The van der Waals surface area contributed by atoms with Crippen LogP contribution < -0.4 is 5.32 Å². The molecular formula is C18H21ClN2O3S. The number of halogens is 1. The Labute approximate surface area is 153 Å². The van der Waals surface area contributed by atoms with Crippen LogP contribution in [-0.4, -0.2) is 31.4 Å². The zero-order valence-electron chi connectivity index (χ0n) is 14.4. The smallest absolute Gasteiger partial charge is 0.239 e. The molecule has 25 heavy (non-hydrogen) atoms. The van der Waals surface area contributed by atoms with E-state index >= 15 is 0 Å². The van der Waals surface area contributed by atoms with Gasteiger partial charge in [0, 0.05) is 17.3 Å². The molecule has 134 valence electrons. The number of benzene rings is 2. The highest BCUT2D eigenvalue weighted by atomic mass is 35.5. The van der Waals surface area contributed by atoms with Crippen LogP contribution in [0, 0.1) is 13.8 Å². The number of rotatable bonds is 6. The van der Waals surface area contributed by atoms with Crippen molar-refractivity contribution in [1.29, 1.82) is 0 Å². The highest BCUT2D eigenvalue weighted by molar-refractivity contribution is 7.88. The number of nitrogens with one attached hydrogen (secondary N) is 1. The molecule has 0 aliphatic rings. The molecule has 2 aromatic rings. The minimum absolute atomic E-state index is 0.0405. The number of aryl methyl sites for hydroxylation is 2. The fraction of sp³-hybridized carbons (Fsp3) is 0.278. The number of hydrogen-bond donors (Lipinski definition) is 1. The van der Waals surface area contributed by atoms with Gasteiger partial charge in [-0.2, -0.15) is 4.31 Å². The average Bonchev–Trinajstić information content (AvgIpc) is 2.50. The van der Waals surface area contributed by atoms with Gasteiger partial charge in [0.2, 0.25) is 15.9 Å². The number of carbonyl (C=O) groups is 1. The minimum atomic E-state index is -3.57. The minimum Gasteiger partial charge on any atom is -0.325 e. The van der Waals surface area contributed by atoms with E-state index in [0.717, 1.165) is 21.7 Å². The maximum absolute atomic E-state index is 12.3. The van der Waals surface area contributed by atoms with Crippen LogP contribution in [0.15, 0.2) is 42.5 Å². The Hall–Kier alpha value is -1.89. The largest absolute Gasteiger partial charge is 0.325 e. The van der Waals surface area contributed by atoms with Crippen molar-refractivity contribution in [2.45, 2.75) is 20.4 Å². The molecule has 0 atom stereocenters. The summed E-state index contributed by atoms with van der Waals surface area (Å²) in [5, 5.41) is 3.23. The van der Waals surface area contributed by atoms with E-state index in [2.05, 4.69) is 5.32 Å². The highest BCUT2D eigenvalue weighted by Gasteiger charge is 2.21. The summed E-state index contributed by atoms with van der Waals surface area (Å²) in [6.07, 6.45) is 1.08. The van der Waals surface area contributed by atoms with Crippen LogP contribution in [0.3, 0.4) is 0 Å². The fourth-order valence-electron chi connectivity index (χ4n) is 2.41. The Bertz CT molecular complexity index is 882. The third-order valence-corrected chi connectivity index (χ3v) is 5.31. The lowest BCUT2D eigenvalue weighted by Crippen LogP contribution is -2.37. The second kappa shape index (κ2) is 7.99. The Kier molecular flexibility index (Phi) is 6.21. The highest BCUT2D eigenvalue weighted by Crippen LogP contribution is 2.19. The molecule has 5 nitrogen and oxygen atoms in total. The fourth-order valence-corrected chi connectivity index (χ4v) is 3.33. The SMILES string of the molecule is Cc1ccc(NC(=O)CN(Cc2ccccc2Cl)S(C)(=O)=O)c(C)c1. The third-order valence-electron chi connectivity index (χ3n) is 3.75. The summed E-state index contributed by atoms with van der Waals surface area (Å²) in [4.78, 5) is 12.3. The Morgan fingerprint density at radius 1 is 1.16 bits per heavy atom. The standard InChI is InChI=1S/C18H21ClN2O3S/c1-13-8-9-17(14(2)10-13)20-18(22)12-21(25(3,23)24)11-15-6-4-5-7-16(15)19/h4-10H,11-12H2,1-3H3,(H,20,22). The van der Waals surface area contributed by atoms with Crippen LogP contribution in [0.5, 0.6) is 0 Å². The lowest BCUT2D eigenvalue weighted by molar-refractivity contribution is -0.116. The van der Waals surface area contributed by atoms with Gasteiger partial charge in [-0.3, -0.25) is 4.79 Å². The lowest BCUT2D eigenvalue weighted by Gasteiger charge is -2.20. The Balaban J connectivity index is 2.14. The maximum Gasteiger partial charge on any atom is 0.239 e. The molecule has 1 N–H and O–H groups in total. The average molecular weight is 381 g/mol. The summed E-state index contributed by atoms with van der Waals surface area (Å²) in [6, 6.07) is 12.6. The number of amides is 1. The van der Waals surface area contributed by atoms with E-state index in [-0.39, 0.29) is 13.1 Å². The van der Waals surface area contributed by atoms with Crippen molar-refractivity contribution in [3.8, 4) is 0 Å². The number of nitrogens with zero attached hydrogens (tertiary/aromatic N) is 1. The molecule has 0 aliphatic carbocycles. The van der Waals surface area contributed by atoms with Gasteiger partial charge < -0.3 is 5.32 Å². The van der Waals surface area contributed by atoms with Crippen molar-refractivity contribution >= 4 is 33.2 Å². The van der Waals surface area contributed by atoms with Crippen LogP contribution in [0.2, 0.25) is 5.02 Å². The normalized spacial score (nSPS) is 11.6. The zero-order valence-corrected chi connectivity index (χ0v) is 16.0. The van der Waals surface area contributed by atoms with Crippen LogP contribution in [-0.2, 0) is 21.4 Å². The molecule has 0 fully saturated rings. The lowest BCUT2D eigenvalue weighted by atomic mass is 10.1. The number of anilines is 1. The van der Waals surface area contributed by atoms with Gasteiger partial charge in [-0.05, 0) is 37.1 Å². The third kappa shape index (κ3) is 5.56. The summed E-state index contributed by atoms with van der Waals surface area (Å²) < 4.78 is 25.2. The monoisotopic (exact) mass is 380 g/mol. The molecule has 0 spiro atoms. The van der Waals surface area contributed by atoms with Crippen molar-refractivity contribution in [2.75, 3.05) is 18.1 Å². The summed E-state index contributed by atoms with van der Waals surface area (Å²) >= 11 is 6.10. The Morgan fingerprint density at radius 3 is 2.44 bits per heavy atom. The van der Waals surface area contributed by atoms with Crippen LogP contribution in [0.25, 0.3) is 0 Å². The van der Waals surface area contributed by atoms with Crippen molar-refractivity contribution < 1.29 is 13.2 Å². The molecule has 1 amide bonds. The van der Waals surface area contributed by atoms with E-state index in [1.165, 1.54) is 0 Å². The summed E-state index contributed by atoms with van der Waals surface area (Å²) in [6.45, 7) is 3.62. The zero-order chi connectivity index (χ0) is 18.6. The molecule has 0 saturated heterocycles. The number of carbonyl (C=O) groups excluding carboxylic acids is 1. The molecule has 0 heterocycles. The second-order valence-electron chi connectivity index (χ2n) is 5.99. The van der Waals surface area contributed by atoms with Gasteiger partial charge in [-0.15, -0.1) is 0 Å². The van der Waals surface area contributed by atoms with Crippen molar-refractivity contribution in [2.24, 2.45) is 0 Å². The van der Waals surface area contributed by atoms with E-state index in [4.69, 9.17) is 11.6 Å². The molecular weight excluding hydrogens is 360 g/mol. The van der Waals surface area contributed by atoms with E-state index in [1.807, 2.05) is 26.0 Å². The molecule has 0 aliphatic heterocycles. The van der Waals surface area contributed by atoms with Crippen LogP contribution >= 0.6 is 11.6 Å². The molecule has 0 unspecified atom stereocenters. The second-order valence-corrected chi connectivity index (χ2v) is 8.38. The quantitative estimate of drug-likeness (QED) is 0.835. The molecule has 0 radical (unpaired) electrons. The molecule has 7 heteroatoms. The van der Waals surface area contributed by atoms with Crippen molar-refractivity contribution in [3.63, 3.8) is 0 Å². The van der Waals surface area contributed by atoms with Gasteiger partial charge in [0.1, 0.15) is 0 Å². The summed E-state index contributed by atoms with van der Waals surface area (Å²) in [5.41, 5.74) is 3.33. The first-order valence-electron chi connectivity index (χ1n) is 7.72. The van der Waals surface area contributed by atoms with Crippen LogP contribution in [0.4, 0.5) is 5.69 Å². The van der Waals surface area contributed by atoms with Gasteiger partial charge in [0.05, 0.1) is 12.8 Å². The van der Waals surface area contributed by atoms with Gasteiger partial charge in [0.15, 0.2) is 0 Å². The predicted octanol–water partition coefficient (Wildman–Crippen LogP) is 3.36. The molecule has 0 bridgehead atoms. The van der Waals surface area contributed by atoms with E-state index in [0.29, 0.717) is 16.3 Å². The molecule has 0 saturated carbocycles. The Morgan fingerprint density at radius 2 is 1.84 bits per heavy atom. The van der Waals surface area contributed by atoms with Gasteiger partial charge in [0.25, 0.3) is 0 Å².